The zero-order valence-electron chi connectivity index (χ0n) is 10.5. The highest BCUT2D eigenvalue weighted by Gasteiger charge is 2.43. The summed E-state index contributed by atoms with van der Waals surface area (Å²) in [7, 11) is 0. The van der Waals surface area contributed by atoms with E-state index in [-0.39, 0.29) is 5.13 Å². The van der Waals surface area contributed by atoms with Crippen LogP contribution in [0.25, 0.3) is 11.3 Å². The van der Waals surface area contributed by atoms with Gasteiger partial charge >= 0.3 is 6.18 Å². The van der Waals surface area contributed by atoms with Crippen LogP contribution in [0, 0.1) is 0 Å². The number of nitrogens with zero attached hydrogens (tertiary/aromatic N) is 3. The van der Waals surface area contributed by atoms with Crippen molar-refractivity contribution >= 4 is 28.1 Å². The van der Waals surface area contributed by atoms with Gasteiger partial charge in [0.2, 0.25) is 5.13 Å². The molecule has 3 rings (SSSR count). The van der Waals surface area contributed by atoms with E-state index in [1.54, 1.807) is 5.38 Å². The number of rotatable bonds is 2. The fourth-order valence-corrected chi connectivity index (χ4v) is 2.64. The minimum atomic E-state index is -4.59. The van der Waals surface area contributed by atoms with Gasteiger partial charge in [-0.15, -0.1) is 11.3 Å². The summed E-state index contributed by atoms with van der Waals surface area (Å²) < 4.78 is 37.7. The van der Waals surface area contributed by atoms with Crippen molar-refractivity contribution in [1.82, 2.24) is 4.98 Å². The lowest BCUT2D eigenvalue weighted by atomic mass is 10.2. The molecule has 0 radical (unpaired) electrons. The van der Waals surface area contributed by atoms with Gasteiger partial charge in [-0.3, -0.25) is 4.79 Å². The van der Waals surface area contributed by atoms with Crippen molar-refractivity contribution in [3.05, 3.63) is 35.7 Å². The molecule has 4 nitrogen and oxygen atoms in total. The smallest absolute Gasteiger partial charge is 0.272 e. The summed E-state index contributed by atoms with van der Waals surface area (Å²) in [6, 6.07) is 9.16. The molecule has 2 aromatic rings. The molecule has 108 valence electrons. The van der Waals surface area contributed by atoms with Gasteiger partial charge in [-0.25, -0.2) is 4.98 Å². The number of hydrogen-bond donors (Lipinski definition) is 0. The number of anilines is 1. The van der Waals surface area contributed by atoms with E-state index in [2.05, 4.69) is 10.1 Å². The predicted molar refractivity (Wildman–Crippen MR) is 73.1 cm³/mol. The molecule has 2 heterocycles. The van der Waals surface area contributed by atoms with E-state index in [9.17, 15) is 18.0 Å². The van der Waals surface area contributed by atoms with Crippen molar-refractivity contribution in [2.24, 2.45) is 5.10 Å². The molecule has 1 amide bonds. The van der Waals surface area contributed by atoms with Gasteiger partial charge in [-0.2, -0.15) is 23.3 Å². The first-order valence-corrected chi connectivity index (χ1v) is 6.82. The average Bonchev–Trinajstić information content (AvgIpc) is 3.05. The van der Waals surface area contributed by atoms with Gasteiger partial charge in [-0.05, 0) is 0 Å². The predicted octanol–water partition coefficient (Wildman–Crippen LogP) is 3.47. The molecular formula is C13H8F3N3OS. The fraction of sp³-hybridized carbons (Fsp3) is 0.154. The van der Waals surface area contributed by atoms with Crippen LogP contribution in [0.15, 0.2) is 40.8 Å². The van der Waals surface area contributed by atoms with Gasteiger partial charge in [0.05, 0.1) is 12.1 Å². The number of hydrogen-bond acceptors (Lipinski definition) is 4. The maximum Gasteiger partial charge on any atom is 0.431 e. The lowest BCUT2D eigenvalue weighted by Gasteiger charge is -2.06. The van der Waals surface area contributed by atoms with Crippen molar-refractivity contribution in [3.8, 4) is 11.3 Å². The van der Waals surface area contributed by atoms with Gasteiger partial charge in [0.25, 0.3) is 5.91 Å². The standard InChI is InChI=1S/C13H8F3N3OS/c14-13(15,16)10-6-11(20)19(18-10)12-17-9(7-21-12)8-4-2-1-3-5-8/h1-5,7H,6H2. The van der Waals surface area contributed by atoms with Crippen LogP contribution in [0.4, 0.5) is 18.3 Å². The Morgan fingerprint density at radius 2 is 1.90 bits per heavy atom. The molecule has 8 heteroatoms. The van der Waals surface area contributed by atoms with Gasteiger partial charge in [-0.1, -0.05) is 30.3 Å². The summed E-state index contributed by atoms with van der Waals surface area (Å²) in [5.41, 5.74) is 0.328. The molecule has 1 aromatic carbocycles. The summed E-state index contributed by atoms with van der Waals surface area (Å²) in [5.74, 6) is -0.726. The number of benzene rings is 1. The van der Waals surface area contributed by atoms with Gasteiger partial charge in [0.15, 0.2) is 5.71 Å². The van der Waals surface area contributed by atoms with E-state index >= 15 is 0 Å². The largest absolute Gasteiger partial charge is 0.431 e. The van der Waals surface area contributed by atoms with Crippen LogP contribution in [0.3, 0.4) is 0 Å². The van der Waals surface area contributed by atoms with Crippen LogP contribution >= 0.6 is 11.3 Å². The second-order valence-electron chi connectivity index (χ2n) is 4.31. The van der Waals surface area contributed by atoms with Crippen molar-refractivity contribution in [2.75, 3.05) is 5.01 Å². The van der Waals surface area contributed by atoms with Gasteiger partial charge in [0, 0.05) is 10.9 Å². The molecule has 0 spiro atoms. The second kappa shape index (κ2) is 4.96. The van der Waals surface area contributed by atoms with E-state index in [4.69, 9.17) is 0 Å². The second-order valence-corrected chi connectivity index (χ2v) is 5.14. The molecule has 0 saturated heterocycles. The van der Waals surface area contributed by atoms with Gasteiger partial charge in [0.1, 0.15) is 0 Å². The topological polar surface area (TPSA) is 45.6 Å². The summed E-state index contributed by atoms with van der Waals surface area (Å²) in [6.07, 6.45) is -5.34. The molecule has 0 saturated carbocycles. The number of hydrazone groups is 1. The van der Waals surface area contributed by atoms with Crippen LogP contribution < -0.4 is 5.01 Å². The maximum absolute atomic E-state index is 12.6. The van der Waals surface area contributed by atoms with Crippen LogP contribution in [0.2, 0.25) is 0 Å². The maximum atomic E-state index is 12.6. The summed E-state index contributed by atoms with van der Waals surface area (Å²) >= 11 is 1.08. The van der Waals surface area contributed by atoms with Crippen molar-refractivity contribution in [1.29, 1.82) is 0 Å². The van der Waals surface area contributed by atoms with Crippen molar-refractivity contribution in [2.45, 2.75) is 12.6 Å². The van der Waals surface area contributed by atoms with E-state index < -0.39 is 24.2 Å². The molecule has 0 atom stereocenters. The molecular weight excluding hydrogens is 303 g/mol. The first kappa shape index (κ1) is 13.7. The molecule has 21 heavy (non-hydrogen) atoms. The molecule has 0 fully saturated rings. The Labute approximate surface area is 121 Å². The SMILES string of the molecule is O=C1CC(C(F)(F)F)=NN1c1nc(-c2ccccc2)cs1. The number of alkyl halides is 3. The molecule has 1 aliphatic heterocycles. The lowest BCUT2D eigenvalue weighted by Crippen LogP contribution is -2.22. The molecule has 0 aliphatic carbocycles. The number of amides is 1. The minimum absolute atomic E-state index is 0.137. The van der Waals surface area contributed by atoms with Crippen LogP contribution in [0.1, 0.15) is 6.42 Å². The molecule has 0 bridgehead atoms. The molecule has 1 aliphatic rings. The summed E-state index contributed by atoms with van der Waals surface area (Å²) in [5, 5.41) is 5.88. The quantitative estimate of drug-likeness (QED) is 0.852. The normalized spacial score (nSPS) is 15.5. The monoisotopic (exact) mass is 311 g/mol. The highest BCUT2D eigenvalue weighted by molar-refractivity contribution is 7.14. The van der Waals surface area contributed by atoms with Crippen LogP contribution in [-0.4, -0.2) is 22.8 Å². The Balaban J connectivity index is 1.90. The number of carbonyl (C=O) groups is 1. The van der Waals surface area contributed by atoms with Crippen molar-refractivity contribution < 1.29 is 18.0 Å². The lowest BCUT2D eigenvalue weighted by molar-refractivity contribution is -0.117. The first-order valence-electron chi connectivity index (χ1n) is 5.94. The zero-order chi connectivity index (χ0) is 15.0. The number of thiazole rings is 1. The number of aromatic nitrogens is 1. The number of halogens is 3. The Bertz CT molecular complexity index is 709. The summed E-state index contributed by atoms with van der Waals surface area (Å²) in [6.45, 7) is 0. The van der Waals surface area contributed by atoms with Crippen molar-refractivity contribution in [3.63, 3.8) is 0 Å². The van der Waals surface area contributed by atoms with E-state index in [0.717, 1.165) is 21.9 Å². The first-order chi connectivity index (χ1) is 9.95. The fourth-order valence-electron chi connectivity index (χ4n) is 1.84. The number of carbonyl (C=O) groups excluding carboxylic acids is 1. The highest BCUT2D eigenvalue weighted by atomic mass is 32.1. The third-order valence-electron chi connectivity index (χ3n) is 2.85. The third-order valence-corrected chi connectivity index (χ3v) is 3.66. The Morgan fingerprint density at radius 3 is 2.52 bits per heavy atom. The Morgan fingerprint density at radius 1 is 1.19 bits per heavy atom. The minimum Gasteiger partial charge on any atom is -0.272 e. The highest BCUT2D eigenvalue weighted by Crippen LogP contribution is 2.32. The van der Waals surface area contributed by atoms with Crippen LogP contribution in [0.5, 0.6) is 0 Å². The van der Waals surface area contributed by atoms with Gasteiger partial charge < -0.3 is 0 Å². The zero-order valence-corrected chi connectivity index (χ0v) is 11.3. The van der Waals surface area contributed by atoms with E-state index in [1.807, 2.05) is 30.3 Å². The average molecular weight is 311 g/mol. The van der Waals surface area contributed by atoms with E-state index in [1.165, 1.54) is 0 Å². The van der Waals surface area contributed by atoms with E-state index in [0.29, 0.717) is 5.69 Å². The molecule has 1 aromatic heterocycles. The van der Waals surface area contributed by atoms with Crippen LogP contribution in [-0.2, 0) is 4.79 Å². The third kappa shape index (κ3) is 2.66. The Hall–Kier alpha value is -2.22. The molecule has 0 N–H and O–H groups in total. The Kier molecular flexibility index (Phi) is 3.25. The summed E-state index contributed by atoms with van der Waals surface area (Å²) in [4.78, 5) is 15.8. The molecule has 0 unspecified atom stereocenters.